The van der Waals surface area contributed by atoms with Gasteiger partial charge in [0.1, 0.15) is 5.82 Å². The van der Waals surface area contributed by atoms with Crippen molar-refractivity contribution in [2.75, 3.05) is 6.54 Å². The molecule has 20 heavy (non-hydrogen) atoms. The van der Waals surface area contributed by atoms with Crippen LogP contribution in [0.5, 0.6) is 0 Å². The van der Waals surface area contributed by atoms with Crippen molar-refractivity contribution in [2.24, 2.45) is 0 Å². The Balaban J connectivity index is 1.91. The van der Waals surface area contributed by atoms with E-state index in [0.717, 1.165) is 0 Å². The number of aryl methyl sites for hydroxylation is 1. The predicted molar refractivity (Wildman–Crippen MR) is 80.1 cm³/mol. The molecule has 1 amide bonds. The summed E-state index contributed by atoms with van der Waals surface area (Å²) >= 11 is 1.65. The van der Waals surface area contributed by atoms with Crippen molar-refractivity contribution in [2.45, 2.75) is 26.3 Å². The molecular formula is C16H18FNOS. The van der Waals surface area contributed by atoms with Crippen molar-refractivity contribution in [3.63, 3.8) is 0 Å². The molecule has 1 heterocycles. The van der Waals surface area contributed by atoms with Gasteiger partial charge in [0, 0.05) is 17.8 Å². The largest absolute Gasteiger partial charge is 0.338 e. The summed E-state index contributed by atoms with van der Waals surface area (Å²) in [4.78, 5) is 15.2. The standard InChI is InChI=1S/C16H18FNOS/c1-2-18(12-14-7-5-11-20-14)16(19)10-9-13-6-3-4-8-15(13)17/h3-8,11H,2,9-10,12H2,1H3. The molecule has 0 atom stereocenters. The zero-order valence-electron chi connectivity index (χ0n) is 11.5. The molecule has 4 heteroatoms. The van der Waals surface area contributed by atoms with Gasteiger partial charge in [0.2, 0.25) is 5.91 Å². The van der Waals surface area contributed by atoms with Gasteiger partial charge in [0.25, 0.3) is 0 Å². The fraction of sp³-hybridized carbons (Fsp3) is 0.312. The summed E-state index contributed by atoms with van der Waals surface area (Å²) in [5.74, 6) is -0.161. The molecule has 0 N–H and O–H groups in total. The summed E-state index contributed by atoms with van der Waals surface area (Å²) in [5, 5.41) is 2.01. The lowest BCUT2D eigenvalue weighted by Crippen LogP contribution is -2.30. The van der Waals surface area contributed by atoms with Gasteiger partial charge in [-0.15, -0.1) is 11.3 Å². The Kier molecular flexibility index (Phi) is 5.30. The summed E-state index contributed by atoms with van der Waals surface area (Å²) in [5.41, 5.74) is 0.605. The highest BCUT2D eigenvalue weighted by molar-refractivity contribution is 7.09. The highest BCUT2D eigenvalue weighted by Crippen LogP contribution is 2.14. The molecule has 2 aromatic rings. The molecule has 0 spiro atoms. The first-order valence-corrected chi connectivity index (χ1v) is 7.62. The lowest BCUT2D eigenvalue weighted by Gasteiger charge is -2.20. The lowest BCUT2D eigenvalue weighted by molar-refractivity contribution is -0.131. The summed E-state index contributed by atoms with van der Waals surface area (Å²) in [6.45, 7) is 3.28. The number of benzene rings is 1. The molecule has 0 saturated heterocycles. The molecular weight excluding hydrogens is 273 g/mol. The Morgan fingerprint density at radius 1 is 1.25 bits per heavy atom. The number of halogens is 1. The number of rotatable bonds is 6. The maximum atomic E-state index is 13.5. The normalized spacial score (nSPS) is 10.5. The van der Waals surface area contributed by atoms with Crippen LogP contribution in [0.2, 0.25) is 0 Å². The fourth-order valence-electron chi connectivity index (χ4n) is 2.07. The predicted octanol–water partition coefficient (Wildman–Crippen LogP) is 3.87. The third kappa shape index (κ3) is 3.90. The Hall–Kier alpha value is -1.68. The molecule has 0 saturated carbocycles. The lowest BCUT2D eigenvalue weighted by atomic mass is 10.1. The first-order chi connectivity index (χ1) is 9.70. The maximum absolute atomic E-state index is 13.5. The van der Waals surface area contributed by atoms with Crippen LogP contribution in [0.15, 0.2) is 41.8 Å². The fourth-order valence-corrected chi connectivity index (χ4v) is 2.79. The van der Waals surface area contributed by atoms with Crippen molar-refractivity contribution in [1.82, 2.24) is 4.90 Å². The van der Waals surface area contributed by atoms with E-state index in [1.807, 2.05) is 29.3 Å². The van der Waals surface area contributed by atoms with Gasteiger partial charge in [0.15, 0.2) is 0 Å². The second-order valence-corrected chi connectivity index (χ2v) is 5.61. The number of thiophene rings is 1. The van der Waals surface area contributed by atoms with Gasteiger partial charge in [-0.25, -0.2) is 4.39 Å². The number of amides is 1. The molecule has 1 aromatic heterocycles. The summed E-state index contributed by atoms with van der Waals surface area (Å²) in [7, 11) is 0. The first-order valence-electron chi connectivity index (χ1n) is 6.74. The van der Waals surface area contributed by atoms with Crippen LogP contribution in [-0.2, 0) is 17.8 Å². The zero-order chi connectivity index (χ0) is 14.4. The third-order valence-electron chi connectivity index (χ3n) is 3.23. The van der Waals surface area contributed by atoms with Gasteiger partial charge in [0.05, 0.1) is 6.54 Å². The SMILES string of the molecule is CCN(Cc1cccs1)C(=O)CCc1ccccc1F. The molecule has 0 radical (unpaired) electrons. The topological polar surface area (TPSA) is 20.3 Å². The second kappa shape index (κ2) is 7.20. The van der Waals surface area contributed by atoms with Crippen LogP contribution in [0.25, 0.3) is 0 Å². The Morgan fingerprint density at radius 2 is 2.05 bits per heavy atom. The van der Waals surface area contributed by atoms with E-state index in [-0.39, 0.29) is 11.7 Å². The van der Waals surface area contributed by atoms with Crippen LogP contribution in [0.1, 0.15) is 23.8 Å². The molecule has 0 aliphatic heterocycles. The van der Waals surface area contributed by atoms with Gasteiger partial charge >= 0.3 is 0 Å². The molecule has 1 aromatic carbocycles. The average Bonchev–Trinajstić information content (AvgIpc) is 2.96. The minimum atomic E-state index is -0.235. The second-order valence-electron chi connectivity index (χ2n) is 4.58. The maximum Gasteiger partial charge on any atom is 0.223 e. The number of carbonyl (C=O) groups is 1. The van der Waals surface area contributed by atoms with Gasteiger partial charge in [-0.05, 0) is 36.4 Å². The van der Waals surface area contributed by atoms with E-state index in [2.05, 4.69) is 0 Å². The zero-order valence-corrected chi connectivity index (χ0v) is 12.3. The van der Waals surface area contributed by atoms with E-state index >= 15 is 0 Å². The monoisotopic (exact) mass is 291 g/mol. The van der Waals surface area contributed by atoms with E-state index in [9.17, 15) is 9.18 Å². The average molecular weight is 291 g/mol. The molecule has 0 unspecified atom stereocenters. The molecule has 0 aliphatic carbocycles. The Morgan fingerprint density at radius 3 is 2.70 bits per heavy atom. The van der Waals surface area contributed by atoms with E-state index in [4.69, 9.17) is 0 Å². The van der Waals surface area contributed by atoms with Crippen LogP contribution >= 0.6 is 11.3 Å². The van der Waals surface area contributed by atoms with Crippen LogP contribution in [0, 0.1) is 5.82 Å². The van der Waals surface area contributed by atoms with Gasteiger partial charge in [-0.2, -0.15) is 0 Å². The van der Waals surface area contributed by atoms with E-state index in [1.165, 1.54) is 10.9 Å². The van der Waals surface area contributed by atoms with Crippen molar-refractivity contribution < 1.29 is 9.18 Å². The molecule has 106 valence electrons. The van der Waals surface area contributed by atoms with Crippen molar-refractivity contribution in [3.8, 4) is 0 Å². The van der Waals surface area contributed by atoms with Crippen molar-refractivity contribution in [3.05, 3.63) is 58.0 Å². The van der Waals surface area contributed by atoms with Crippen LogP contribution < -0.4 is 0 Å². The molecule has 2 nitrogen and oxygen atoms in total. The number of carbonyl (C=O) groups excluding carboxylic acids is 1. The van der Waals surface area contributed by atoms with E-state index in [0.29, 0.717) is 31.5 Å². The highest BCUT2D eigenvalue weighted by atomic mass is 32.1. The smallest absolute Gasteiger partial charge is 0.223 e. The van der Waals surface area contributed by atoms with Crippen LogP contribution in [0.3, 0.4) is 0 Å². The first kappa shape index (κ1) is 14.7. The summed E-state index contributed by atoms with van der Waals surface area (Å²) in [6, 6.07) is 10.6. The van der Waals surface area contributed by atoms with Crippen LogP contribution in [-0.4, -0.2) is 17.4 Å². The summed E-state index contributed by atoms with van der Waals surface area (Å²) < 4.78 is 13.5. The molecule has 0 fully saturated rings. The Labute approximate surface area is 122 Å². The third-order valence-corrected chi connectivity index (χ3v) is 4.09. The number of nitrogens with zero attached hydrogens (tertiary/aromatic N) is 1. The van der Waals surface area contributed by atoms with Crippen molar-refractivity contribution in [1.29, 1.82) is 0 Å². The number of hydrogen-bond acceptors (Lipinski definition) is 2. The molecule has 2 rings (SSSR count). The Bertz CT molecular complexity index is 553. The van der Waals surface area contributed by atoms with Crippen LogP contribution in [0.4, 0.5) is 4.39 Å². The van der Waals surface area contributed by atoms with Gasteiger partial charge in [-0.1, -0.05) is 24.3 Å². The molecule has 0 bridgehead atoms. The highest BCUT2D eigenvalue weighted by Gasteiger charge is 2.13. The van der Waals surface area contributed by atoms with E-state index in [1.54, 1.807) is 29.5 Å². The quantitative estimate of drug-likeness (QED) is 0.791. The van der Waals surface area contributed by atoms with Crippen molar-refractivity contribution >= 4 is 17.2 Å². The molecule has 0 aliphatic rings. The van der Waals surface area contributed by atoms with Gasteiger partial charge < -0.3 is 4.90 Å². The minimum absolute atomic E-state index is 0.0733. The van der Waals surface area contributed by atoms with Gasteiger partial charge in [-0.3, -0.25) is 4.79 Å². The number of hydrogen-bond donors (Lipinski definition) is 0. The summed E-state index contributed by atoms with van der Waals surface area (Å²) in [6.07, 6.45) is 0.798. The minimum Gasteiger partial charge on any atom is -0.338 e. The van der Waals surface area contributed by atoms with E-state index < -0.39 is 0 Å².